The van der Waals surface area contributed by atoms with E-state index in [4.69, 9.17) is 0 Å². The van der Waals surface area contributed by atoms with Gasteiger partial charge >= 0.3 is 0 Å². The normalized spacial score (nSPS) is 18.0. The highest BCUT2D eigenvalue weighted by molar-refractivity contribution is 6.00. The lowest BCUT2D eigenvalue weighted by molar-refractivity contribution is -0.128. The fraction of sp³-hybridized carbons (Fsp3) is 0.333. The van der Waals surface area contributed by atoms with E-state index in [1.165, 1.54) is 0 Å². The van der Waals surface area contributed by atoms with Crippen molar-refractivity contribution in [3.63, 3.8) is 0 Å². The molecule has 1 aliphatic rings. The van der Waals surface area contributed by atoms with E-state index >= 15 is 0 Å². The minimum Gasteiger partial charge on any atom is -0.343 e. The van der Waals surface area contributed by atoms with Crippen LogP contribution >= 0.6 is 0 Å². The monoisotopic (exact) mass is 351 g/mol. The average molecular weight is 351 g/mol. The largest absolute Gasteiger partial charge is 0.343 e. The first-order valence-corrected chi connectivity index (χ1v) is 9.01. The molecule has 1 aliphatic heterocycles. The van der Waals surface area contributed by atoms with Crippen LogP contribution in [-0.2, 0) is 22.6 Å². The molecule has 136 valence electrons. The molecular formula is C21H25N3O2. The molecule has 5 nitrogen and oxygen atoms in total. The van der Waals surface area contributed by atoms with E-state index in [9.17, 15) is 9.59 Å². The quantitative estimate of drug-likeness (QED) is 0.869. The summed E-state index contributed by atoms with van der Waals surface area (Å²) in [5.74, 6) is -0.216. The lowest BCUT2D eigenvalue weighted by Gasteiger charge is -2.27. The Morgan fingerprint density at radius 2 is 1.85 bits per heavy atom. The number of carbonyl (C=O) groups is 2. The second kappa shape index (κ2) is 8.15. The van der Waals surface area contributed by atoms with E-state index in [1.807, 2.05) is 48.5 Å². The Kier molecular flexibility index (Phi) is 5.68. The van der Waals surface area contributed by atoms with Crippen molar-refractivity contribution in [1.29, 1.82) is 0 Å². The summed E-state index contributed by atoms with van der Waals surface area (Å²) in [6, 6.07) is 17.0. The lowest BCUT2D eigenvalue weighted by Crippen LogP contribution is -2.52. The van der Waals surface area contributed by atoms with Crippen LogP contribution in [-0.4, -0.2) is 30.9 Å². The van der Waals surface area contributed by atoms with Gasteiger partial charge in [0.05, 0.1) is 12.6 Å². The van der Waals surface area contributed by atoms with Crippen LogP contribution in [0.4, 0.5) is 5.69 Å². The lowest BCUT2D eigenvalue weighted by atomic mass is 10.1. The Bertz CT molecular complexity index is 776. The van der Waals surface area contributed by atoms with Gasteiger partial charge in [-0.2, -0.15) is 0 Å². The Morgan fingerprint density at radius 1 is 1.15 bits per heavy atom. The number of hydrogen-bond donors (Lipinski definition) is 2. The number of fused-ring (bicyclic) bond motifs is 1. The predicted molar refractivity (Wildman–Crippen MR) is 103 cm³/mol. The first-order valence-electron chi connectivity index (χ1n) is 9.01. The molecule has 0 radical (unpaired) electrons. The minimum atomic E-state index is -0.519. The van der Waals surface area contributed by atoms with Crippen LogP contribution in [0, 0.1) is 0 Å². The molecule has 2 aromatic rings. The molecule has 0 spiro atoms. The maximum atomic E-state index is 13.2. The van der Waals surface area contributed by atoms with Gasteiger partial charge in [-0.05, 0) is 44.0 Å². The van der Waals surface area contributed by atoms with E-state index in [0.29, 0.717) is 13.0 Å². The van der Waals surface area contributed by atoms with Gasteiger partial charge in [-0.25, -0.2) is 0 Å². The first-order chi connectivity index (χ1) is 12.6. The van der Waals surface area contributed by atoms with Gasteiger partial charge in [-0.1, -0.05) is 48.5 Å². The Labute approximate surface area is 154 Å². The minimum absolute atomic E-state index is 0.0598. The molecule has 2 unspecified atom stereocenters. The molecule has 0 aliphatic carbocycles. The fourth-order valence-corrected chi connectivity index (χ4v) is 3.21. The van der Waals surface area contributed by atoms with Crippen molar-refractivity contribution >= 4 is 17.5 Å². The molecule has 1 heterocycles. The third-order valence-electron chi connectivity index (χ3n) is 4.88. The molecule has 0 aromatic heterocycles. The predicted octanol–water partition coefficient (Wildman–Crippen LogP) is 2.26. The summed E-state index contributed by atoms with van der Waals surface area (Å²) in [6.07, 6.45) is 1.36. The van der Waals surface area contributed by atoms with Crippen LogP contribution in [0.5, 0.6) is 0 Å². The van der Waals surface area contributed by atoms with Crippen molar-refractivity contribution < 1.29 is 9.59 Å². The number of benzene rings is 2. The van der Waals surface area contributed by atoms with Gasteiger partial charge in [-0.3, -0.25) is 9.59 Å². The van der Waals surface area contributed by atoms with Crippen LogP contribution in [0.3, 0.4) is 0 Å². The third-order valence-corrected chi connectivity index (χ3v) is 4.88. The molecule has 2 aromatic carbocycles. The summed E-state index contributed by atoms with van der Waals surface area (Å²) in [6.45, 7) is 2.28. The summed E-state index contributed by atoms with van der Waals surface area (Å²) in [5.41, 5.74) is 3.13. The molecule has 5 heteroatoms. The van der Waals surface area contributed by atoms with Crippen molar-refractivity contribution in [2.75, 3.05) is 11.9 Å². The van der Waals surface area contributed by atoms with Crippen molar-refractivity contribution in [3.05, 3.63) is 65.7 Å². The number of anilines is 1. The van der Waals surface area contributed by atoms with E-state index < -0.39 is 6.04 Å². The number of hydrogen-bond acceptors (Lipinski definition) is 3. The molecule has 0 saturated heterocycles. The van der Waals surface area contributed by atoms with Gasteiger partial charge in [0.1, 0.15) is 6.04 Å². The zero-order valence-corrected chi connectivity index (χ0v) is 15.2. The summed E-state index contributed by atoms with van der Waals surface area (Å²) in [5, 5.41) is 5.83. The summed E-state index contributed by atoms with van der Waals surface area (Å²) >= 11 is 0. The number of carbonyl (C=O) groups excluding carboxylic acids is 2. The SMILES string of the molecule is CNC(C)C(=O)NC1CCc2ccccc2N(Cc2ccccc2)C1=O. The molecule has 2 N–H and O–H groups in total. The van der Waals surface area contributed by atoms with Crippen molar-refractivity contribution in [2.45, 2.75) is 38.4 Å². The van der Waals surface area contributed by atoms with Gasteiger partial charge in [0.15, 0.2) is 0 Å². The highest BCUT2D eigenvalue weighted by Gasteiger charge is 2.31. The second-order valence-corrected chi connectivity index (χ2v) is 6.65. The van der Waals surface area contributed by atoms with Crippen LogP contribution in [0.25, 0.3) is 0 Å². The molecule has 2 amide bonds. The van der Waals surface area contributed by atoms with E-state index in [-0.39, 0.29) is 17.9 Å². The molecular weight excluding hydrogens is 326 g/mol. The van der Waals surface area contributed by atoms with Crippen LogP contribution < -0.4 is 15.5 Å². The van der Waals surface area contributed by atoms with E-state index in [2.05, 4.69) is 16.7 Å². The second-order valence-electron chi connectivity index (χ2n) is 6.65. The van der Waals surface area contributed by atoms with Crippen molar-refractivity contribution in [3.8, 4) is 0 Å². The van der Waals surface area contributed by atoms with Gasteiger partial charge in [0.25, 0.3) is 0 Å². The number of nitrogens with zero attached hydrogens (tertiary/aromatic N) is 1. The summed E-state index contributed by atoms with van der Waals surface area (Å²) in [4.78, 5) is 27.3. The van der Waals surface area contributed by atoms with Gasteiger partial charge < -0.3 is 15.5 Å². The maximum Gasteiger partial charge on any atom is 0.249 e. The highest BCUT2D eigenvalue weighted by atomic mass is 16.2. The molecule has 0 bridgehead atoms. The molecule has 3 rings (SSSR count). The number of para-hydroxylation sites is 1. The molecule has 0 fully saturated rings. The average Bonchev–Trinajstić information content (AvgIpc) is 2.80. The number of amides is 2. The topological polar surface area (TPSA) is 61.4 Å². The Morgan fingerprint density at radius 3 is 2.58 bits per heavy atom. The Balaban J connectivity index is 1.89. The maximum absolute atomic E-state index is 13.2. The third kappa shape index (κ3) is 3.94. The van der Waals surface area contributed by atoms with Crippen LogP contribution in [0.2, 0.25) is 0 Å². The summed E-state index contributed by atoms with van der Waals surface area (Å²) < 4.78 is 0. The van der Waals surface area contributed by atoms with E-state index in [0.717, 1.165) is 23.2 Å². The van der Waals surface area contributed by atoms with Gasteiger partial charge in [-0.15, -0.1) is 0 Å². The molecule has 2 atom stereocenters. The van der Waals surface area contributed by atoms with Crippen LogP contribution in [0.15, 0.2) is 54.6 Å². The van der Waals surface area contributed by atoms with Crippen LogP contribution in [0.1, 0.15) is 24.5 Å². The molecule has 0 saturated carbocycles. The smallest absolute Gasteiger partial charge is 0.249 e. The Hall–Kier alpha value is -2.66. The zero-order chi connectivity index (χ0) is 18.5. The summed E-state index contributed by atoms with van der Waals surface area (Å²) in [7, 11) is 1.73. The highest BCUT2D eigenvalue weighted by Crippen LogP contribution is 2.28. The van der Waals surface area contributed by atoms with Gasteiger partial charge in [0, 0.05) is 5.69 Å². The number of likely N-dealkylation sites (N-methyl/N-ethyl adjacent to an activating group) is 1. The van der Waals surface area contributed by atoms with Crippen molar-refractivity contribution in [2.24, 2.45) is 0 Å². The standard InChI is InChI=1S/C21H25N3O2/c1-15(22-2)20(25)23-18-13-12-17-10-6-7-11-19(17)24(21(18)26)14-16-8-4-3-5-9-16/h3-11,15,18,22H,12-14H2,1-2H3,(H,23,25). The number of aryl methyl sites for hydroxylation is 1. The van der Waals surface area contributed by atoms with E-state index in [1.54, 1.807) is 18.9 Å². The number of nitrogens with one attached hydrogen (secondary N) is 2. The van der Waals surface area contributed by atoms with Crippen molar-refractivity contribution in [1.82, 2.24) is 10.6 Å². The fourth-order valence-electron chi connectivity index (χ4n) is 3.21. The number of rotatable bonds is 5. The first kappa shape index (κ1) is 18.1. The zero-order valence-electron chi connectivity index (χ0n) is 15.2. The molecule has 26 heavy (non-hydrogen) atoms. The van der Waals surface area contributed by atoms with Gasteiger partial charge in [0.2, 0.25) is 11.8 Å².